The molecule has 0 fully saturated rings. The van der Waals surface area contributed by atoms with Gasteiger partial charge in [-0.2, -0.15) is 0 Å². The van der Waals surface area contributed by atoms with Crippen molar-refractivity contribution in [3.63, 3.8) is 0 Å². The summed E-state index contributed by atoms with van der Waals surface area (Å²) in [5.41, 5.74) is 2.74. The highest BCUT2D eigenvalue weighted by Gasteiger charge is 2.09. The van der Waals surface area contributed by atoms with Crippen molar-refractivity contribution >= 4 is 16.8 Å². The summed E-state index contributed by atoms with van der Waals surface area (Å²) < 4.78 is 1.36. The van der Waals surface area contributed by atoms with E-state index >= 15 is 0 Å². The Kier molecular flexibility index (Phi) is 4.27. The van der Waals surface area contributed by atoms with Crippen molar-refractivity contribution in [2.45, 2.75) is 13.5 Å². The molecule has 2 aromatic heterocycles. The molecule has 1 N–H and O–H groups in total. The highest BCUT2D eigenvalue weighted by atomic mass is 16.2. The maximum absolute atomic E-state index is 12.3. The van der Waals surface area contributed by atoms with Crippen LogP contribution in [0.4, 0.5) is 0 Å². The second-order valence-electron chi connectivity index (χ2n) is 6.25. The van der Waals surface area contributed by atoms with Crippen LogP contribution in [0, 0.1) is 6.92 Å². The Morgan fingerprint density at radius 3 is 2.48 bits per heavy atom. The molecule has 0 spiro atoms. The van der Waals surface area contributed by atoms with Gasteiger partial charge in [0.2, 0.25) is 5.91 Å². The van der Waals surface area contributed by atoms with E-state index in [-0.39, 0.29) is 23.4 Å². The largest absolute Gasteiger partial charge is 0.358 e. The fourth-order valence-electron chi connectivity index (χ4n) is 2.66. The van der Waals surface area contributed by atoms with E-state index in [9.17, 15) is 14.4 Å². The number of hydrogen-bond donors (Lipinski definition) is 1. The smallest absolute Gasteiger partial charge is 0.251 e. The first kappa shape index (κ1) is 16.7. The summed E-state index contributed by atoms with van der Waals surface area (Å²) in [6.45, 7) is 1.84. The van der Waals surface area contributed by atoms with Gasteiger partial charge < -0.3 is 14.5 Å². The molecule has 2 heterocycles. The van der Waals surface area contributed by atoms with Crippen LogP contribution < -0.4 is 11.0 Å². The summed E-state index contributed by atoms with van der Waals surface area (Å²) in [5.74, 6) is -0.151. The Balaban J connectivity index is 2.01. The number of aromatic amines is 1. The number of H-pyrrole nitrogens is 1. The predicted molar refractivity (Wildman–Crippen MR) is 97.7 cm³/mol. The number of amides is 1. The predicted octanol–water partition coefficient (Wildman–Crippen LogP) is 1.75. The van der Waals surface area contributed by atoms with E-state index < -0.39 is 0 Å². The molecule has 0 saturated heterocycles. The van der Waals surface area contributed by atoms with Crippen LogP contribution in [-0.2, 0) is 11.3 Å². The molecule has 0 unspecified atom stereocenters. The van der Waals surface area contributed by atoms with Crippen LogP contribution in [0.5, 0.6) is 0 Å². The fraction of sp³-hybridized carbons (Fsp3) is 0.211. The first-order valence-corrected chi connectivity index (χ1v) is 7.90. The number of likely N-dealkylation sites (N-methyl/N-ethyl adjacent to an activating group) is 1. The van der Waals surface area contributed by atoms with Crippen molar-refractivity contribution < 1.29 is 4.79 Å². The number of fused-ring (bicyclic) bond motifs is 1. The molecule has 0 radical (unpaired) electrons. The number of hydrogen-bond acceptors (Lipinski definition) is 3. The van der Waals surface area contributed by atoms with Crippen molar-refractivity contribution in [2.75, 3.05) is 14.1 Å². The molecule has 3 aromatic rings. The zero-order valence-electron chi connectivity index (χ0n) is 14.4. The molecule has 0 bridgehead atoms. The van der Waals surface area contributed by atoms with E-state index in [1.165, 1.54) is 15.5 Å². The minimum atomic E-state index is -0.259. The van der Waals surface area contributed by atoms with E-state index in [4.69, 9.17) is 0 Å². The lowest BCUT2D eigenvalue weighted by molar-refractivity contribution is -0.129. The molecule has 1 aromatic carbocycles. The molecule has 0 aliphatic carbocycles. The van der Waals surface area contributed by atoms with Gasteiger partial charge in [-0.3, -0.25) is 14.4 Å². The van der Waals surface area contributed by atoms with Gasteiger partial charge in [-0.05, 0) is 36.2 Å². The quantitative estimate of drug-likeness (QED) is 0.791. The van der Waals surface area contributed by atoms with Crippen LogP contribution in [0.2, 0.25) is 0 Å². The van der Waals surface area contributed by atoms with Gasteiger partial charge in [-0.1, -0.05) is 6.07 Å². The van der Waals surface area contributed by atoms with Gasteiger partial charge >= 0.3 is 0 Å². The summed E-state index contributed by atoms with van der Waals surface area (Å²) in [4.78, 5) is 40.8. The minimum absolute atomic E-state index is 0.00276. The van der Waals surface area contributed by atoms with Crippen molar-refractivity contribution in [2.24, 2.45) is 0 Å². The third-order valence-electron chi connectivity index (χ3n) is 4.10. The summed E-state index contributed by atoms with van der Waals surface area (Å²) in [7, 11) is 3.30. The average Bonchev–Trinajstić information content (AvgIpc) is 2.56. The number of benzene rings is 1. The molecule has 0 atom stereocenters. The van der Waals surface area contributed by atoms with Gasteiger partial charge in [0.1, 0.15) is 6.54 Å². The van der Waals surface area contributed by atoms with Crippen LogP contribution in [0.15, 0.2) is 52.2 Å². The Labute approximate surface area is 144 Å². The second kappa shape index (κ2) is 6.39. The van der Waals surface area contributed by atoms with E-state index in [0.717, 1.165) is 16.8 Å². The van der Waals surface area contributed by atoms with Gasteiger partial charge in [0.05, 0.1) is 0 Å². The topological polar surface area (TPSA) is 75.2 Å². The SMILES string of the molecule is Cc1cc(=O)c2cc(-c3ccn(CC(=O)N(C)C)c(=O)c3)ccc2[nH]1. The van der Waals surface area contributed by atoms with E-state index in [2.05, 4.69) is 4.98 Å². The highest BCUT2D eigenvalue weighted by Crippen LogP contribution is 2.21. The zero-order chi connectivity index (χ0) is 18.1. The number of aryl methyl sites for hydroxylation is 1. The van der Waals surface area contributed by atoms with Gasteiger partial charge in [0.25, 0.3) is 5.56 Å². The van der Waals surface area contributed by atoms with Crippen molar-refractivity contribution in [1.29, 1.82) is 0 Å². The van der Waals surface area contributed by atoms with Gasteiger partial charge in [-0.25, -0.2) is 0 Å². The van der Waals surface area contributed by atoms with Crippen molar-refractivity contribution in [3.8, 4) is 11.1 Å². The maximum Gasteiger partial charge on any atom is 0.251 e. The Bertz CT molecular complexity index is 1080. The van der Waals surface area contributed by atoms with E-state index in [0.29, 0.717) is 10.9 Å². The lowest BCUT2D eigenvalue weighted by Gasteiger charge is -2.12. The normalized spacial score (nSPS) is 10.8. The number of pyridine rings is 2. The summed E-state index contributed by atoms with van der Waals surface area (Å²) in [6.07, 6.45) is 1.60. The number of carbonyl (C=O) groups is 1. The summed E-state index contributed by atoms with van der Waals surface area (Å²) >= 11 is 0. The number of carbonyl (C=O) groups excluding carboxylic acids is 1. The first-order valence-electron chi connectivity index (χ1n) is 7.90. The number of nitrogens with one attached hydrogen (secondary N) is 1. The Morgan fingerprint density at radius 1 is 1.08 bits per heavy atom. The third-order valence-corrected chi connectivity index (χ3v) is 4.10. The second-order valence-corrected chi connectivity index (χ2v) is 6.25. The molecule has 1 amide bonds. The van der Waals surface area contributed by atoms with Gasteiger partial charge in [0, 0.05) is 49.0 Å². The summed E-state index contributed by atoms with van der Waals surface area (Å²) in [6, 6.07) is 10.3. The number of aromatic nitrogens is 2. The molecular formula is C19H19N3O3. The minimum Gasteiger partial charge on any atom is -0.358 e. The van der Waals surface area contributed by atoms with Gasteiger partial charge in [-0.15, -0.1) is 0 Å². The maximum atomic E-state index is 12.3. The first-order chi connectivity index (χ1) is 11.8. The van der Waals surface area contributed by atoms with Crippen LogP contribution in [0.25, 0.3) is 22.0 Å². The van der Waals surface area contributed by atoms with E-state index in [1.807, 2.05) is 19.1 Å². The van der Waals surface area contributed by atoms with Crippen LogP contribution >= 0.6 is 0 Å². The number of nitrogens with zero attached hydrogens (tertiary/aromatic N) is 2. The lowest BCUT2D eigenvalue weighted by atomic mass is 10.0. The fourth-order valence-corrected chi connectivity index (χ4v) is 2.66. The van der Waals surface area contributed by atoms with Gasteiger partial charge in [0.15, 0.2) is 5.43 Å². The zero-order valence-corrected chi connectivity index (χ0v) is 14.4. The highest BCUT2D eigenvalue weighted by molar-refractivity contribution is 5.84. The molecule has 6 nitrogen and oxygen atoms in total. The molecule has 0 aliphatic rings. The Morgan fingerprint density at radius 2 is 1.80 bits per heavy atom. The monoisotopic (exact) mass is 337 g/mol. The molecule has 6 heteroatoms. The third kappa shape index (κ3) is 3.38. The number of rotatable bonds is 3. The molecule has 0 aliphatic heterocycles. The Hall–Kier alpha value is -3.15. The van der Waals surface area contributed by atoms with E-state index in [1.54, 1.807) is 38.5 Å². The molecular weight excluding hydrogens is 318 g/mol. The molecule has 128 valence electrons. The van der Waals surface area contributed by atoms with Crippen molar-refractivity contribution in [1.82, 2.24) is 14.5 Å². The van der Waals surface area contributed by atoms with Crippen molar-refractivity contribution in [3.05, 3.63) is 68.9 Å². The van der Waals surface area contributed by atoms with Crippen LogP contribution in [0.1, 0.15) is 5.69 Å². The summed E-state index contributed by atoms with van der Waals surface area (Å²) in [5, 5.41) is 0.579. The average molecular weight is 337 g/mol. The lowest BCUT2D eigenvalue weighted by Crippen LogP contribution is -2.31. The van der Waals surface area contributed by atoms with Crippen LogP contribution in [-0.4, -0.2) is 34.5 Å². The molecule has 3 rings (SSSR count). The standard InChI is InChI=1S/C19H19N3O3/c1-12-8-17(23)15-9-13(4-5-16(15)20-12)14-6-7-22(18(24)10-14)11-19(25)21(2)3/h4-10H,11H2,1-3H3,(H,20,23). The molecule has 25 heavy (non-hydrogen) atoms. The molecule has 0 saturated carbocycles. The van der Waals surface area contributed by atoms with Crippen LogP contribution in [0.3, 0.4) is 0 Å².